The molecule has 2 aliphatic rings. The van der Waals surface area contributed by atoms with Crippen molar-refractivity contribution in [3.63, 3.8) is 0 Å². The number of imide groups is 1. The van der Waals surface area contributed by atoms with E-state index in [9.17, 15) is 22.8 Å². The summed E-state index contributed by atoms with van der Waals surface area (Å²) in [6.45, 7) is 0.585. The van der Waals surface area contributed by atoms with E-state index in [-0.39, 0.29) is 18.7 Å². The van der Waals surface area contributed by atoms with Gasteiger partial charge in [0.05, 0.1) is 24.4 Å². The molecule has 0 spiro atoms. The van der Waals surface area contributed by atoms with Crippen molar-refractivity contribution in [2.45, 2.75) is 25.4 Å². The van der Waals surface area contributed by atoms with Crippen LogP contribution in [0.1, 0.15) is 18.4 Å². The number of benzene rings is 2. The Labute approximate surface area is 180 Å². The smallest absolute Gasteiger partial charge is 0.325 e. The molecule has 1 atom stereocenters. The molecule has 0 aromatic heterocycles. The third-order valence-corrected chi connectivity index (χ3v) is 7.09. The molecule has 2 N–H and O–H groups in total. The van der Waals surface area contributed by atoms with Crippen LogP contribution in [0.4, 0.5) is 16.2 Å². The number of carbonyl (C=O) groups excluding carboxylic acids is 3. The molecule has 2 aromatic rings. The van der Waals surface area contributed by atoms with Gasteiger partial charge in [-0.15, -0.1) is 0 Å². The van der Waals surface area contributed by atoms with Gasteiger partial charge in [0.25, 0.3) is 5.91 Å². The van der Waals surface area contributed by atoms with Crippen LogP contribution in [0.15, 0.2) is 54.6 Å². The quantitative estimate of drug-likeness (QED) is 0.661. The molecule has 4 rings (SSSR count). The maximum absolute atomic E-state index is 12.6. The first-order valence-electron chi connectivity index (χ1n) is 9.89. The predicted molar refractivity (Wildman–Crippen MR) is 115 cm³/mol. The van der Waals surface area contributed by atoms with Crippen molar-refractivity contribution >= 4 is 39.2 Å². The normalized spacial score (nSPS) is 20.1. The zero-order valence-corrected chi connectivity index (χ0v) is 17.5. The van der Waals surface area contributed by atoms with E-state index in [0.29, 0.717) is 24.3 Å². The minimum absolute atomic E-state index is 0.133. The van der Waals surface area contributed by atoms with E-state index in [1.165, 1.54) is 4.31 Å². The highest BCUT2D eigenvalue weighted by Gasteiger charge is 2.39. The maximum Gasteiger partial charge on any atom is 0.325 e. The Kier molecular flexibility index (Phi) is 5.64. The van der Waals surface area contributed by atoms with Gasteiger partial charge in [-0.2, -0.15) is 0 Å². The van der Waals surface area contributed by atoms with E-state index in [4.69, 9.17) is 0 Å². The van der Waals surface area contributed by atoms with Gasteiger partial charge in [0.15, 0.2) is 0 Å². The minimum atomic E-state index is -3.27. The summed E-state index contributed by atoms with van der Waals surface area (Å²) in [5.41, 5.74) is 1.84. The van der Waals surface area contributed by atoms with Crippen LogP contribution in [0.5, 0.6) is 0 Å². The van der Waals surface area contributed by atoms with Crippen LogP contribution in [0, 0.1) is 0 Å². The predicted octanol–water partition coefficient (Wildman–Crippen LogP) is 1.68. The van der Waals surface area contributed by atoms with Gasteiger partial charge < -0.3 is 10.6 Å². The summed E-state index contributed by atoms with van der Waals surface area (Å²) in [7, 11) is -3.27. The molecule has 10 heteroatoms. The average Bonchev–Trinajstić information content (AvgIpc) is 3.22. The molecule has 0 aliphatic carbocycles. The summed E-state index contributed by atoms with van der Waals surface area (Å²) in [6, 6.07) is 14.1. The zero-order valence-electron chi connectivity index (χ0n) is 16.7. The maximum atomic E-state index is 12.6. The first kappa shape index (κ1) is 20.9. The minimum Gasteiger partial charge on any atom is -0.326 e. The van der Waals surface area contributed by atoms with E-state index in [1.54, 1.807) is 24.3 Å². The van der Waals surface area contributed by atoms with Crippen LogP contribution in [-0.4, -0.2) is 49.5 Å². The number of nitrogens with zero attached hydrogens (tertiary/aromatic N) is 2. The van der Waals surface area contributed by atoms with Crippen molar-refractivity contribution < 1.29 is 22.8 Å². The van der Waals surface area contributed by atoms with E-state index < -0.39 is 33.9 Å². The fraction of sp³-hybridized carbons (Fsp3) is 0.286. The fourth-order valence-electron chi connectivity index (χ4n) is 3.67. The number of hydrogen-bond donors (Lipinski definition) is 2. The molecule has 0 radical (unpaired) electrons. The Balaban J connectivity index is 1.34. The Morgan fingerprint density at radius 1 is 1.06 bits per heavy atom. The second-order valence-corrected chi connectivity index (χ2v) is 9.47. The molecule has 2 heterocycles. The third kappa shape index (κ3) is 4.53. The molecule has 2 fully saturated rings. The van der Waals surface area contributed by atoms with E-state index in [0.717, 1.165) is 10.5 Å². The number of rotatable bonds is 6. The lowest BCUT2D eigenvalue weighted by atomic mass is 10.1. The van der Waals surface area contributed by atoms with Crippen LogP contribution < -0.4 is 14.9 Å². The number of carbonyl (C=O) groups is 3. The van der Waals surface area contributed by atoms with Crippen LogP contribution in [-0.2, 0) is 26.2 Å². The van der Waals surface area contributed by atoms with Gasteiger partial charge in [-0.25, -0.2) is 13.2 Å². The zero-order chi connectivity index (χ0) is 22.0. The Morgan fingerprint density at radius 3 is 2.42 bits per heavy atom. The lowest BCUT2D eigenvalue weighted by molar-refractivity contribution is -0.130. The van der Waals surface area contributed by atoms with Gasteiger partial charge in [-0.1, -0.05) is 30.3 Å². The largest absolute Gasteiger partial charge is 0.326 e. The number of hydrogen-bond acceptors (Lipinski definition) is 5. The van der Waals surface area contributed by atoms with Crippen LogP contribution in [0.3, 0.4) is 0 Å². The number of amides is 4. The van der Waals surface area contributed by atoms with Crippen molar-refractivity contribution in [1.82, 2.24) is 10.2 Å². The molecule has 162 valence electrons. The Bertz CT molecular complexity index is 1100. The van der Waals surface area contributed by atoms with Crippen LogP contribution in [0.2, 0.25) is 0 Å². The molecule has 2 saturated heterocycles. The molecule has 2 aromatic carbocycles. The van der Waals surface area contributed by atoms with Crippen molar-refractivity contribution in [3.05, 3.63) is 60.2 Å². The summed E-state index contributed by atoms with van der Waals surface area (Å²) in [5.74, 6) is -0.742. The molecule has 0 bridgehead atoms. The summed E-state index contributed by atoms with van der Waals surface area (Å²) in [6.07, 6.45) is 0.390. The van der Waals surface area contributed by atoms with E-state index >= 15 is 0 Å². The fourth-order valence-corrected chi connectivity index (χ4v) is 5.23. The molecular formula is C21H22N4O5S. The van der Waals surface area contributed by atoms with Crippen LogP contribution in [0.25, 0.3) is 0 Å². The lowest BCUT2D eigenvalue weighted by Gasteiger charge is -2.17. The van der Waals surface area contributed by atoms with Crippen molar-refractivity contribution in [3.8, 4) is 0 Å². The molecular weight excluding hydrogens is 420 g/mol. The second kappa shape index (κ2) is 8.38. The van der Waals surface area contributed by atoms with Gasteiger partial charge in [0, 0.05) is 12.2 Å². The number of urea groups is 1. The van der Waals surface area contributed by atoms with E-state index in [1.807, 2.05) is 30.3 Å². The monoisotopic (exact) mass is 442 g/mol. The Hall–Kier alpha value is -3.40. The van der Waals surface area contributed by atoms with E-state index in [2.05, 4.69) is 10.6 Å². The second-order valence-electron chi connectivity index (χ2n) is 7.45. The van der Waals surface area contributed by atoms with Gasteiger partial charge >= 0.3 is 6.03 Å². The molecule has 0 saturated carbocycles. The highest BCUT2D eigenvalue weighted by atomic mass is 32.2. The van der Waals surface area contributed by atoms with Crippen molar-refractivity contribution in [2.75, 3.05) is 21.9 Å². The molecule has 4 amide bonds. The lowest BCUT2D eigenvalue weighted by Crippen LogP contribution is -2.34. The SMILES string of the molecule is O=C(C[C@@H]1NC(=O)N(Cc2ccccc2)C1=O)Nc1ccc(N2CCCS2(=O)=O)cc1. The molecule has 31 heavy (non-hydrogen) atoms. The third-order valence-electron chi connectivity index (χ3n) is 5.22. The number of anilines is 2. The van der Waals surface area contributed by atoms with Gasteiger partial charge in [-0.05, 0) is 36.2 Å². The standard InChI is InChI=1S/C21H22N4O5S/c26-19(22-16-7-9-17(10-8-16)25-11-4-12-31(25,29)30)13-18-20(27)24(21(28)23-18)14-15-5-2-1-3-6-15/h1-3,5-10,18H,4,11-14H2,(H,22,26)(H,23,28)/t18-/m0/s1. The average molecular weight is 442 g/mol. The topological polar surface area (TPSA) is 116 Å². The first-order chi connectivity index (χ1) is 14.8. The molecule has 9 nitrogen and oxygen atoms in total. The molecule has 2 aliphatic heterocycles. The summed E-state index contributed by atoms with van der Waals surface area (Å²) < 4.78 is 25.4. The first-order valence-corrected chi connectivity index (χ1v) is 11.5. The molecule has 0 unspecified atom stereocenters. The van der Waals surface area contributed by atoms with Gasteiger partial charge in [-0.3, -0.25) is 18.8 Å². The summed E-state index contributed by atoms with van der Waals surface area (Å²) in [4.78, 5) is 38.2. The van der Waals surface area contributed by atoms with Gasteiger partial charge in [0.1, 0.15) is 6.04 Å². The van der Waals surface area contributed by atoms with Gasteiger partial charge in [0.2, 0.25) is 15.9 Å². The highest BCUT2D eigenvalue weighted by molar-refractivity contribution is 7.93. The summed E-state index contributed by atoms with van der Waals surface area (Å²) >= 11 is 0. The highest BCUT2D eigenvalue weighted by Crippen LogP contribution is 2.25. The van der Waals surface area contributed by atoms with Crippen LogP contribution >= 0.6 is 0 Å². The number of sulfonamides is 1. The summed E-state index contributed by atoms with van der Waals surface area (Å²) in [5, 5.41) is 5.23. The van der Waals surface area contributed by atoms with Crippen molar-refractivity contribution in [2.24, 2.45) is 0 Å². The Morgan fingerprint density at radius 2 is 1.77 bits per heavy atom. The van der Waals surface area contributed by atoms with Crippen molar-refractivity contribution in [1.29, 1.82) is 0 Å². The number of nitrogens with one attached hydrogen (secondary N) is 2.